The number of carbonyl (C=O) groups is 3. The van der Waals surface area contributed by atoms with E-state index in [9.17, 15) is 14.4 Å². The second-order valence-corrected chi connectivity index (χ2v) is 8.94. The lowest BCUT2D eigenvalue weighted by Crippen LogP contribution is -2.50. The van der Waals surface area contributed by atoms with Gasteiger partial charge in [0.1, 0.15) is 6.42 Å². The number of carbonyl (C=O) groups excluding carboxylic acids is 2. The van der Waals surface area contributed by atoms with Crippen molar-refractivity contribution in [2.24, 2.45) is 5.41 Å². The number of likely N-dealkylation sites (tertiary alicyclic amines) is 1. The molecule has 4 rings (SSSR count). The zero-order valence-electron chi connectivity index (χ0n) is 17.9. The highest BCUT2D eigenvalue weighted by atomic mass is 16.4. The third kappa shape index (κ3) is 4.91. The predicted octanol–water partition coefficient (Wildman–Crippen LogP) is 1.50. The number of amides is 3. The summed E-state index contributed by atoms with van der Waals surface area (Å²) in [6.07, 6.45) is 7.03. The first-order chi connectivity index (χ1) is 15.0. The summed E-state index contributed by atoms with van der Waals surface area (Å²) in [7, 11) is 0. The topological polar surface area (TPSA) is 97.3 Å². The number of carboxylic acid groups (broad SMARTS) is 1. The average Bonchev–Trinajstić information content (AvgIpc) is 3.02. The number of carboxylic acids is 1. The molecule has 3 saturated heterocycles. The predicted molar refractivity (Wildman–Crippen MR) is 115 cm³/mol. The van der Waals surface area contributed by atoms with Crippen molar-refractivity contribution in [1.29, 1.82) is 0 Å². The second-order valence-electron chi connectivity index (χ2n) is 8.94. The summed E-state index contributed by atoms with van der Waals surface area (Å²) in [5.41, 5.74) is 1.50. The van der Waals surface area contributed by atoms with Gasteiger partial charge in [-0.25, -0.2) is 4.79 Å². The molecule has 0 aromatic carbocycles. The van der Waals surface area contributed by atoms with Crippen LogP contribution in [0.1, 0.15) is 32.1 Å². The van der Waals surface area contributed by atoms with E-state index in [1.165, 1.54) is 5.69 Å². The summed E-state index contributed by atoms with van der Waals surface area (Å²) in [4.78, 5) is 47.8. The van der Waals surface area contributed by atoms with Gasteiger partial charge < -0.3 is 24.7 Å². The summed E-state index contributed by atoms with van der Waals surface area (Å²) in [6, 6.07) is 4.16. The van der Waals surface area contributed by atoms with E-state index in [1.54, 1.807) is 4.90 Å². The van der Waals surface area contributed by atoms with Gasteiger partial charge >= 0.3 is 12.0 Å². The molecule has 0 radical (unpaired) electrons. The van der Waals surface area contributed by atoms with E-state index in [0.29, 0.717) is 32.6 Å². The van der Waals surface area contributed by atoms with Gasteiger partial charge in [-0.15, -0.1) is 0 Å². The fourth-order valence-electron chi connectivity index (χ4n) is 5.09. The molecule has 9 nitrogen and oxygen atoms in total. The van der Waals surface area contributed by atoms with Crippen LogP contribution in [-0.4, -0.2) is 95.1 Å². The van der Waals surface area contributed by atoms with Crippen LogP contribution in [0.2, 0.25) is 0 Å². The quantitative estimate of drug-likeness (QED) is 0.732. The number of urea groups is 1. The fourth-order valence-corrected chi connectivity index (χ4v) is 5.09. The third-order valence-electron chi connectivity index (χ3n) is 6.98. The van der Waals surface area contributed by atoms with Gasteiger partial charge in [0.25, 0.3) is 0 Å². The summed E-state index contributed by atoms with van der Waals surface area (Å²) in [6.45, 7) is 5.57. The Morgan fingerprint density at radius 2 is 1.48 bits per heavy atom. The Balaban J connectivity index is 1.28. The van der Waals surface area contributed by atoms with E-state index >= 15 is 0 Å². The maximum Gasteiger partial charge on any atom is 0.320 e. The zero-order valence-corrected chi connectivity index (χ0v) is 17.9. The number of rotatable bonds is 3. The van der Waals surface area contributed by atoms with E-state index in [2.05, 4.69) is 22.0 Å². The second kappa shape index (κ2) is 9.11. The highest BCUT2D eigenvalue weighted by molar-refractivity contribution is 5.93. The minimum Gasteiger partial charge on any atom is -0.481 e. The molecule has 4 heterocycles. The van der Waals surface area contributed by atoms with Crippen LogP contribution in [-0.2, 0) is 9.59 Å². The molecular formula is C22H31N5O4. The molecule has 168 valence electrons. The summed E-state index contributed by atoms with van der Waals surface area (Å²) >= 11 is 0. The van der Waals surface area contributed by atoms with Crippen LogP contribution in [0.5, 0.6) is 0 Å². The van der Waals surface area contributed by atoms with Crippen molar-refractivity contribution < 1.29 is 19.5 Å². The molecular weight excluding hydrogens is 398 g/mol. The molecule has 3 aliphatic heterocycles. The molecule has 0 bridgehead atoms. The van der Waals surface area contributed by atoms with E-state index in [1.807, 2.05) is 22.2 Å². The van der Waals surface area contributed by atoms with Crippen molar-refractivity contribution in [1.82, 2.24) is 19.7 Å². The lowest BCUT2D eigenvalue weighted by atomic mass is 9.78. The zero-order chi connectivity index (χ0) is 21.8. The lowest BCUT2D eigenvalue weighted by Gasteiger charge is -2.41. The Kier molecular flexibility index (Phi) is 6.29. The Bertz CT molecular complexity index is 809. The van der Waals surface area contributed by atoms with Crippen LogP contribution >= 0.6 is 0 Å². The van der Waals surface area contributed by atoms with Crippen molar-refractivity contribution in [2.75, 3.05) is 57.3 Å². The Morgan fingerprint density at radius 1 is 0.871 bits per heavy atom. The molecule has 1 N–H and O–H groups in total. The van der Waals surface area contributed by atoms with Gasteiger partial charge in [0.05, 0.1) is 0 Å². The first-order valence-electron chi connectivity index (χ1n) is 11.1. The van der Waals surface area contributed by atoms with Crippen molar-refractivity contribution in [3.63, 3.8) is 0 Å². The highest BCUT2D eigenvalue weighted by Crippen LogP contribution is 2.42. The minimum absolute atomic E-state index is 0.0476. The minimum atomic E-state index is -1.11. The van der Waals surface area contributed by atoms with Crippen LogP contribution < -0.4 is 4.90 Å². The van der Waals surface area contributed by atoms with E-state index < -0.39 is 12.4 Å². The van der Waals surface area contributed by atoms with Crippen molar-refractivity contribution >= 4 is 23.6 Å². The summed E-state index contributed by atoms with van der Waals surface area (Å²) < 4.78 is 0. The standard InChI is InChI=1S/C22H31N5O4/c28-19(16-20(29)30)24-9-1-10-25(15-14-24)21(31)26-11-4-22(5-12-26)6-13-27(17-22)18-2-7-23-8-3-18/h2-3,7-8H,1,4-6,9-17H2,(H,29,30). The lowest BCUT2D eigenvalue weighted by molar-refractivity contribution is -0.144. The van der Waals surface area contributed by atoms with Crippen LogP contribution in [0.15, 0.2) is 24.5 Å². The van der Waals surface area contributed by atoms with Gasteiger partial charge in [-0.1, -0.05) is 0 Å². The summed E-state index contributed by atoms with van der Waals surface area (Å²) in [5.74, 6) is -1.49. The third-order valence-corrected chi connectivity index (χ3v) is 6.98. The number of anilines is 1. The molecule has 1 spiro atoms. The normalized spacial score (nSPS) is 21.3. The van der Waals surface area contributed by atoms with Gasteiger partial charge in [-0.3, -0.25) is 14.6 Å². The number of aromatic nitrogens is 1. The van der Waals surface area contributed by atoms with E-state index in [0.717, 1.165) is 45.4 Å². The number of nitrogens with zero attached hydrogens (tertiary/aromatic N) is 5. The fraction of sp³-hybridized carbons (Fsp3) is 0.636. The largest absolute Gasteiger partial charge is 0.481 e. The first kappa shape index (κ1) is 21.4. The molecule has 0 saturated carbocycles. The highest BCUT2D eigenvalue weighted by Gasteiger charge is 2.42. The molecule has 0 unspecified atom stereocenters. The van der Waals surface area contributed by atoms with Gasteiger partial charge in [0.2, 0.25) is 5.91 Å². The molecule has 0 atom stereocenters. The molecule has 31 heavy (non-hydrogen) atoms. The number of hydrogen-bond donors (Lipinski definition) is 1. The molecule has 0 aliphatic carbocycles. The van der Waals surface area contributed by atoms with E-state index in [4.69, 9.17) is 5.11 Å². The first-order valence-corrected chi connectivity index (χ1v) is 11.1. The maximum absolute atomic E-state index is 13.1. The van der Waals surface area contributed by atoms with Crippen molar-refractivity contribution in [2.45, 2.75) is 32.1 Å². The Morgan fingerprint density at radius 3 is 2.19 bits per heavy atom. The smallest absolute Gasteiger partial charge is 0.320 e. The van der Waals surface area contributed by atoms with Gasteiger partial charge in [-0.05, 0) is 43.2 Å². The monoisotopic (exact) mass is 429 g/mol. The van der Waals surface area contributed by atoms with Crippen LogP contribution in [0.3, 0.4) is 0 Å². The molecule has 9 heteroatoms. The molecule has 3 fully saturated rings. The van der Waals surface area contributed by atoms with Gasteiger partial charge in [-0.2, -0.15) is 0 Å². The molecule has 3 amide bonds. The van der Waals surface area contributed by atoms with Crippen LogP contribution in [0.4, 0.5) is 10.5 Å². The number of piperidine rings is 1. The maximum atomic E-state index is 13.1. The Hall–Kier alpha value is -2.84. The molecule has 3 aliphatic rings. The van der Waals surface area contributed by atoms with E-state index in [-0.39, 0.29) is 17.4 Å². The molecule has 1 aromatic rings. The van der Waals surface area contributed by atoms with Crippen LogP contribution in [0, 0.1) is 5.41 Å². The number of pyridine rings is 1. The average molecular weight is 430 g/mol. The van der Waals surface area contributed by atoms with Crippen molar-refractivity contribution in [3.05, 3.63) is 24.5 Å². The van der Waals surface area contributed by atoms with Crippen LogP contribution in [0.25, 0.3) is 0 Å². The molecule has 1 aromatic heterocycles. The van der Waals surface area contributed by atoms with Crippen molar-refractivity contribution in [3.8, 4) is 0 Å². The van der Waals surface area contributed by atoms with Gasteiger partial charge in [0, 0.05) is 70.4 Å². The SMILES string of the molecule is O=C(O)CC(=O)N1CCCN(C(=O)N2CCC3(CC2)CCN(c2ccncc2)C3)CC1. The number of aliphatic carboxylic acids is 1. The summed E-state index contributed by atoms with van der Waals surface area (Å²) in [5, 5.41) is 8.84. The number of hydrogen-bond acceptors (Lipinski definition) is 5. The van der Waals surface area contributed by atoms with Gasteiger partial charge in [0.15, 0.2) is 0 Å². The Labute approximate surface area is 182 Å².